The summed E-state index contributed by atoms with van der Waals surface area (Å²) in [5.74, 6) is -0.509. The Hall–Kier alpha value is -2.52. The van der Waals surface area contributed by atoms with Crippen molar-refractivity contribution in [3.63, 3.8) is 0 Å². The van der Waals surface area contributed by atoms with Gasteiger partial charge < -0.3 is 0 Å². The Kier molecular flexibility index (Phi) is 5.98. The quantitative estimate of drug-likeness (QED) is 0.407. The molecule has 1 heterocycles. The highest BCUT2D eigenvalue weighted by Gasteiger charge is 2.24. The van der Waals surface area contributed by atoms with Gasteiger partial charge in [-0.15, -0.1) is 0 Å². The summed E-state index contributed by atoms with van der Waals surface area (Å²) in [6.07, 6.45) is 0. The minimum Gasteiger partial charge on any atom is -0.298 e. The fraction of sp³-hybridized carbons (Fsp3) is 0.182. The predicted molar refractivity (Wildman–Crippen MR) is 127 cm³/mol. The van der Waals surface area contributed by atoms with Crippen molar-refractivity contribution < 1.29 is 13.2 Å². The first-order valence-electron chi connectivity index (χ1n) is 9.74. The van der Waals surface area contributed by atoms with Gasteiger partial charge >= 0.3 is 0 Å². The zero-order valence-electron chi connectivity index (χ0n) is 16.9. The molecule has 9 heteroatoms. The van der Waals surface area contributed by atoms with E-state index in [2.05, 4.69) is 10.3 Å². The van der Waals surface area contributed by atoms with E-state index in [0.29, 0.717) is 18.2 Å². The number of carbonyl (C=O) groups excluding carboxylic acids is 1. The maximum absolute atomic E-state index is 12.9. The molecule has 0 radical (unpaired) electrons. The number of sulfonamides is 1. The van der Waals surface area contributed by atoms with E-state index >= 15 is 0 Å². The third kappa shape index (κ3) is 4.04. The average Bonchev–Trinajstić information content (AvgIpc) is 3.17. The maximum Gasteiger partial charge on any atom is 0.259 e. The zero-order valence-corrected chi connectivity index (χ0v) is 19.3. The second kappa shape index (κ2) is 8.55. The Morgan fingerprint density at radius 2 is 1.84 bits per heavy atom. The molecule has 4 aromatic rings. The van der Waals surface area contributed by atoms with Crippen molar-refractivity contribution in [2.75, 3.05) is 18.4 Å². The molecule has 1 N–H and O–H groups in total. The third-order valence-corrected chi connectivity index (χ3v) is 8.34. The molecule has 0 saturated carbocycles. The first-order valence-corrected chi connectivity index (χ1v) is 12.4. The van der Waals surface area contributed by atoms with Crippen molar-refractivity contribution in [3.05, 3.63) is 65.2 Å². The number of benzene rings is 3. The van der Waals surface area contributed by atoms with E-state index < -0.39 is 15.9 Å². The largest absolute Gasteiger partial charge is 0.298 e. The molecule has 4 rings (SSSR count). The fourth-order valence-corrected chi connectivity index (χ4v) is 6.00. The second-order valence-electron chi connectivity index (χ2n) is 6.84. The molecule has 3 aromatic carbocycles. The van der Waals surface area contributed by atoms with Crippen LogP contribution in [0.4, 0.5) is 5.13 Å². The molecule has 0 unspecified atom stereocenters. The molecule has 6 nitrogen and oxygen atoms in total. The Morgan fingerprint density at radius 1 is 1.10 bits per heavy atom. The highest BCUT2D eigenvalue weighted by atomic mass is 35.5. The number of carbonyl (C=O) groups is 1. The number of fused-ring (bicyclic) bond motifs is 3. The molecule has 0 fully saturated rings. The number of hydrogen-bond donors (Lipinski definition) is 1. The Balaban J connectivity index is 1.68. The van der Waals surface area contributed by atoms with Crippen LogP contribution in [-0.2, 0) is 10.0 Å². The molecule has 0 spiro atoms. The van der Waals surface area contributed by atoms with Gasteiger partial charge in [-0.3, -0.25) is 10.1 Å². The average molecular weight is 474 g/mol. The Morgan fingerprint density at radius 3 is 2.58 bits per heavy atom. The number of nitrogens with zero attached hydrogens (tertiary/aromatic N) is 2. The number of rotatable bonds is 6. The maximum atomic E-state index is 12.9. The number of aromatic nitrogens is 1. The standard InChI is InChI=1S/C22H20ClN3O3S2/c1-3-26(4-2)31(28,29)15-10-11-18(23)17(13-15)21(27)25-22-24-20-16-8-6-5-7-14(16)9-12-19(20)30-22/h5-13H,3-4H2,1-2H3,(H,24,25,27). The van der Waals surface area contributed by atoms with Crippen LogP contribution in [0.3, 0.4) is 0 Å². The fourth-order valence-electron chi connectivity index (χ4n) is 3.43. The van der Waals surface area contributed by atoms with Gasteiger partial charge in [0, 0.05) is 18.5 Å². The summed E-state index contributed by atoms with van der Waals surface area (Å²) in [5.41, 5.74) is 0.890. The molecule has 0 saturated heterocycles. The zero-order chi connectivity index (χ0) is 22.2. The minimum atomic E-state index is -3.71. The van der Waals surface area contributed by atoms with Crippen LogP contribution >= 0.6 is 22.9 Å². The van der Waals surface area contributed by atoms with E-state index in [-0.39, 0.29) is 15.5 Å². The van der Waals surface area contributed by atoms with E-state index in [1.54, 1.807) is 13.8 Å². The molecule has 160 valence electrons. The van der Waals surface area contributed by atoms with Gasteiger partial charge in [0.1, 0.15) is 0 Å². The summed E-state index contributed by atoms with van der Waals surface area (Å²) in [7, 11) is -3.71. The molecular formula is C22H20ClN3O3S2. The van der Waals surface area contributed by atoms with E-state index in [9.17, 15) is 13.2 Å². The van der Waals surface area contributed by atoms with Crippen molar-refractivity contribution in [1.29, 1.82) is 0 Å². The highest BCUT2D eigenvalue weighted by Crippen LogP contribution is 2.32. The molecule has 31 heavy (non-hydrogen) atoms. The minimum absolute atomic E-state index is 0.0287. The van der Waals surface area contributed by atoms with Gasteiger partial charge in [0.05, 0.1) is 25.7 Å². The summed E-state index contributed by atoms with van der Waals surface area (Å²) < 4.78 is 27.9. The molecule has 1 amide bonds. The number of nitrogens with one attached hydrogen (secondary N) is 1. The van der Waals surface area contributed by atoms with Gasteiger partial charge in [-0.25, -0.2) is 13.4 Å². The lowest BCUT2D eigenvalue weighted by Crippen LogP contribution is -2.30. The number of amides is 1. The molecule has 0 aliphatic heterocycles. The van der Waals surface area contributed by atoms with Crippen molar-refractivity contribution in [2.24, 2.45) is 0 Å². The van der Waals surface area contributed by atoms with Gasteiger partial charge in [-0.05, 0) is 29.7 Å². The number of halogens is 1. The van der Waals surface area contributed by atoms with Gasteiger partial charge in [0.15, 0.2) is 5.13 Å². The van der Waals surface area contributed by atoms with Crippen LogP contribution < -0.4 is 5.32 Å². The van der Waals surface area contributed by atoms with E-state index in [4.69, 9.17) is 11.6 Å². The van der Waals surface area contributed by atoms with Crippen LogP contribution in [0.2, 0.25) is 5.02 Å². The normalized spacial score (nSPS) is 12.0. The summed E-state index contributed by atoms with van der Waals surface area (Å²) in [6, 6.07) is 16.0. The predicted octanol–water partition coefficient (Wildman–Crippen LogP) is 5.39. The second-order valence-corrected chi connectivity index (χ2v) is 10.2. The van der Waals surface area contributed by atoms with Crippen LogP contribution in [-0.4, -0.2) is 36.7 Å². The summed E-state index contributed by atoms with van der Waals surface area (Å²) in [4.78, 5) is 17.5. The van der Waals surface area contributed by atoms with Crippen molar-refractivity contribution in [2.45, 2.75) is 18.7 Å². The Labute approximate surface area is 189 Å². The summed E-state index contributed by atoms with van der Waals surface area (Å²) >= 11 is 7.58. The van der Waals surface area contributed by atoms with Crippen molar-refractivity contribution >= 4 is 65.0 Å². The first kappa shape index (κ1) is 21.7. The number of thiazole rings is 1. The SMILES string of the molecule is CCN(CC)S(=O)(=O)c1ccc(Cl)c(C(=O)Nc2nc3c(ccc4ccccc43)s2)c1. The van der Waals surface area contributed by atoms with Crippen LogP contribution in [0, 0.1) is 0 Å². The highest BCUT2D eigenvalue weighted by molar-refractivity contribution is 7.89. The third-order valence-electron chi connectivity index (χ3n) is 5.03. The van der Waals surface area contributed by atoms with E-state index in [0.717, 1.165) is 21.0 Å². The summed E-state index contributed by atoms with van der Waals surface area (Å²) in [5, 5.41) is 5.42. The monoisotopic (exact) mass is 473 g/mol. The lowest BCUT2D eigenvalue weighted by Gasteiger charge is -2.19. The smallest absolute Gasteiger partial charge is 0.259 e. The topological polar surface area (TPSA) is 79.4 Å². The van der Waals surface area contributed by atoms with Crippen LogP contribution in [0.5, 0.6) is 0 Å². The molecule has 0 aliphatic carbocycles. The molecule has 0 aliphatic rings. The van der Waals surface area contributed by atoms with Crippen LogP contribution in [0.1, 0.15) is 24.2 Å². The van der Waals surface area contributed by atoms with Crippen LogP contribution in [0.25, 0.3) is 21.0 Å². The summed E-state index contributed by atoms with van der Waals surface area (Å²) in [6.45, 7) is 4.20. The molecule has 1 aromatic heterocycles. The lowest BCUT2D eigenvalue weighted by molar-refractivity contribution is 0.102. The van der Waals surface area contributed by atoms with E-state index in [1.165, 1.54) is 33.8 Å². The number of anilines is 1. The Bertz CT molecular complexity index is 1400. The molecule has 0 atom stereocenters. The van der Waals surface area contributed by atoms with Gasteiger partial charge in [-0.1, -0.05) is 67.1 Å². The van der Waals surface area contributed by atoms with E-state index in [1.807, 2.05) is 36.4 Å². The van der Waals surface area contributed by atoms with Crippen LogP contribution in [0.15, 0.2) is 59.5 Å². The molecule has 0 bridgehead atoms. The van der Waals surface area contributed by atoms with Gasteiger partial charge in [0.2, 0.25) is 10.0 Å². The lowest BCUT2D eigenvalue weighted by atomic mass is 10.1. The first-order chi connectivity index (χ1) is 14.8. The molecular weight excluding hydrogens is 454 g/mol. The van der Waals surface area contributed by atoms with Crippen molar-refractivity contribution in [1.82, 2.24) is 9.29 Å². The number of hydrogen-bond acceptors (Lipinski definition) is 5. The van der Waals surface area contributed by atoms with Gasteiger partial charge in [-0.2, -0.15) is 4.31 Å². The van der Waals surface area contributed by atoms with Crippen molar-refractivity contribution in [3.8, 4) is 0 Å². The van der Waals surface area contributed by atoms with Gasteiger partial charge in [0.25, 0.3) is 5.91 Å².